The van der Waals surface area contributed by atoms with Gasteiger partial charge < -0.3 is 14.1 Å². The van der Waals surface area contributed by atoms with Gasteiger partial charge in [-0.1, -0.05) is 42.5 Å². The maximum absolute atomic E-state index is 12.9. The Kier molecular flexibility index (Phi) is 4.11. The average Bonchev–Trinajstić information content (AvgIpc) is 3.18. The summed E-state index contributed by atoms with van der Waals surface area (Å²) in [6, 6.07) is 22.3. The lowest BCUT2D eigenvalue weighted by molar-refractivity contribution is 0.121. The molecule has 30 heavy (non-hydrogen) atoms. The summed E-state index contributed by atoms with van der Waals surface area (Å²) in [6.45, 7) is 2.73. The molecule has 0 amide bonds. The Morgan fingerprint density at radius 2 is 1.53 bits per heavy atom. The minimum atomic E-state index is -0.0121. The fourth-order valence-electron chi connectivity index (χ4n) is 4.32. The fourth-order valence-corrected chi connectivity index (χ4v) is 5.45. The summed E-state index contributed by atoms with van der Waals surface area (Å²) in [7, 11) is 0. The molecule has 1 fully saturated rings. The Bertz CT molecular complexity index is 1460. The van der Waals surface area contributed by atoms with Crippen molar-refractivity contribution in [2.45, 2.75) is 0 Å². The van der Waals surface area contributed by atoms with E-state index >= 15 is 0 Å². The Balaban J connectivity index is 1.65. The number of anilines is 1. The topological polar surface area (TPSA) is 42.7 Å². The smallest absolute Gasteiger partial charge is 0.200 e. The second-order valence-corrected chi connectivity index (χ2v) is 8.59. The van der Waals surface area contributed by atoms with Crippen LogP contribution in [0, 0.1) is 0 Å². The van der Waals surface area contributed by atoms with E-state index in [1.54, 1.807) is 17.4 Å². The van der Waals surface area contributed by atoms with Crippen LogP contribution in [0.5, 0.6) is 0 Å². The number of hydrogen-bond donors (Lipinski definition) is 0. The van der Waals surface area contributed by atoms with Crippen molar-refractivity contribution in [2.24, 2.45) is 0 Å². The zero-order valence-corrected chi connectivity index (χ0v) is 17.1. The summed E-state index contributed by atoms with van der Waals surface area (Å²) >= 11 is 1.79. The summed E-state index contributed by atoms with van der Waals surface area (Å²) < 4.78 is 14.3. The van der Waals surface area contributed by atoms with Crippen LogP contribution in [0.15, 0.2) is 75.9 Å². The van der Waals surface area contributed by atoms with Crippen molar-refractivity contribution in [1.29, 1.82) is 0 Å². The number of hydrogen-bond acceptors (Lipinski definition) is 5. The molecule has 2 aromatic heterocycles. The van der Waals surface area contributed by atoms with E-state index in [9.17, 15) is 4.79 Å². The van der Waals surface area contributed by atoms with Gasteiger partial charge in [0.1, 0.15) is 5.58 Å². The van der Waals surface area contributed by atoms with Crippen LogP contribution in [0.3, 0.4) is 0 Å². The summed E-state index contributed by atoms with van der Waals surface area (Å²) in [6.07, 6.45) is 0. The summed E-state index contributed by atoms with van der Waals surface area (Å²) in [5.41, 5.74) is 2.68. The lowest BCUT2D eigenvalue weighted by atomic mass is 9.97. The molecule has 0 radical (unpaired) electrons. The van der Waals surface area contributed by atoms with Gasteiger partial charge in [0.05, 0.1) is 18.6 Å². The number of fused-ring (bicyclic) bond motifs is 4. The van der Waals surface area contributed by atoms with E-state index in [4.69, 9.17) is 9.15 Å². The number of benzene rings is 3. The maximum Gasteiger partial charge on any atom is 0.200 e. The Hall–Kier alpha value is -3.15. The predicted molar refractivity (Wildman–Crippen MR) is 124 cm³/mol. The van der Waals surface area contributed by atoms with Crippen molar-refractivity contribution in [3.05, 3.63) is 77.0 Å². The zero-order valence-electron chi connectivity index (χ0n) is 16.3. The van der Waals surface area contributed by atoms with Gasteiger partial charge >= 0.3 is 0 Å². The van der Waals surface area contributed by atoms with Crippen molar-refractivity contribution in [3.8, 4) is 11.1 Å². The van der Waals surface area contributed by atoms with Gasteiger partial charge in [-0.05, 0) is 23.8 Å². The molecule has 0 atom stereocenters. The van der Waals surface area contributed by atoms with Gasteiger partial charge in [-0.25, -0.2) is 0 Å². The molecule has 3 heterocycles. The monoisotopic (exact) mass is 413 g/mol. The highest BCUT2D eigenvalue weighted by atomic mass is 32.1. The molecule has 6 rings (SSSR count). The normalized spacial score (nSPS) is 14.7. The van der Waals surface area contributed by atoms with E-state index in [0.29, 0.717) is 30.1 Å². The number of ether oxygens (including phenoxy) is 1. The van der Waals surface area contributed by atoms with Gasteiger partial charge in [0.25, 0.3) is 0 Å². The molecule has 5 heteroatoms. The molecule has 5 aromatic rings. The second kappa shape index (κ2) is 6.97. The van der Waals surface area contributed by atoms with Crippen LogP contribution < -0.4 is 10.3 Å². The molecule has 4 nitrogen and oxygen atoms in total. The highest BCUT2D eigenvalue weighted by molar-refractivity contribution is 7.25. The van der Waals surface area contributed by atoms with Gasteiger partial charge in [-0.2, -0.15) is 0 Å². The number of nitrogens with zero attached hydrogens (tertiary/aromatic N) is 1. The third-order valence-electron chi connectivity index (χ3n) is 5.76. The first-order chi connectivity index (χ1) is 14.8. The first-order valence-electron chi connectivity index (χ1n) is 10.1. The molecule has 1 aliphatic heterocycles. The molecule has 0 spiro atoms. The quantitative estimate of drug-likeness (QED) is 0.374. The molecule has 0 aliphatic carbocycles. The average molecular weight is 413 g/mol. The van der Waals surface area contributed by atoms with Crippen molar-refractivity contribution < 1.29 is 9.15 Å². The Morgan fingerprint density at radius 1 is 0.800 bits per heavy atom. The summed E-state index contributed by atoms with van der Waals surface area (Å²) in [5.74, 6) is 0.616. The van der Waals surface area contributed by atoms with Crippen LogP contribution in [0.2, 0.25) is 0 Å². The highest BCUT2D eigenvalue weighted by Gasteiger charge is 2.19. The zero-order chi connectivity index (χ0) is 20.1. The molecule has 0 unspecified atom stereocenters. The van der Waals surface area contributed by atoms with Crippen LogP contribution in [0.25, 0.3) is 42.3 Å². The largest absolute Gasteiger partial charge is 0.440 e. The first-order valence-corrected chi connectivity index (χ1v) is 10.9. The van der Waals surface area contributed by atoms with Gasteiger partial charge in [-0.3, -0.25) is 4.79 Å². The Morgan fingerprint density at radius 3 is 2.43 bits per heavy atom. The van der Waals surface area contributed by atoms with E-state index in [0.717, 1.165) is 24.2 Å². The number of para-hydroxylation sites is 1. The van der Waals surface area contributed by atoms with Gasteiger partial charge in [0.15, 0.2) is 11.3 Å². The van der Waals surface area contributed by atoms with Crippen LogP contribution in [-0.2, 0) is 4.74 Å². The lowest BCUT2D eigenvalue weighted by Crippen LogP contribution is -2.36. The third kappa shape index (κ3) is 2.74. The van der Waals surface area contributed by atoms with Crippen LogP contribution in [-0.4, -0.2) is 26.3 Å². The van der Waals surface area contributed by atoms with E-state index in [1.807, 2.05) is 12.1 Å². The molecular formula is C25H19NO3S. The first kappa shape index (κ1) is 17.7. The number of rotatable bonds is 2. The van der Waals surface area contributed by atoms with Crippen molar-refractivity contribution >= 4 is 48.4 Å². The molecule has 0 N–H and O–H groups in total. The molecule has 0 saturated carbocycles. The Labute approximate surface area is 176 Å². The van der Waals surface area contributed by atoms with Gasteiger partial charge in [0, 0.05) is 44.9 Å². The molecule has 1 saturated heterocycles. The van der Waals surface area contributed by atoms with Crippen molar-refractivity contribution in [1.82, 2.24) is 0 Å². The predicted octanol–water partition coefficient (Wildman–Crippen LogP) is 5.66. The standard InChI is InChI=1S/C25H19NO3S/c27-20-15-23(26-11-13-28-14-12-26)29-25-17(7-3-8-18(20)25)16-6-4-10-22-24(16)19-5-1-2-9-21(19)30-22/h1-10,15H,11-14H2. The van der Waals surface area contributed by atoms with Crippen molar-refractivity contribution in [2.75, 3.05) is 31.2 Å². The summed E-state index contributed by atoms with van der Waals surface area (Å²) in [4.78, 5) is 15.0. The third-order valence-corrected chi connectivity index (χ3v) is 6.89. The fraction of sp³-hybridized carbons (Fsp3) is 0.160. The van der Waals surface area contributed by atoms with E-state index in [1.165, 1.54) is 20.2 Å². The molecule has 1 aliphatic rings. The molecular weight excluding hydrogens is 394 g/mol. The van der Waals surface area contributed by atoms with Crippen LogP contribution in [0.4, 0.5) is 5.88 Å². The van der Waals surface area contributed by atoms with Gasteiger partial charge in [-0.15, -0.1) is 11.3 Å². The SMILES string of the molecule is O=c1cc(N2CCOCC2)oc2c(-c3cccc4sc5ccccc5c34)cccc12. The minimum Gasteiger partial charge on any atom is -0.440 e. The van der Waals surface area contributed by atoms with Crippen molar-refractivity contribution in [3.63, 3.8) is 0 Å². The van der Waals surface area contributed by atoms with Gasteiger partial charge in [0.2, 0.25) is 0 Å². The second-order valence-electron chi connectivity index (χ2n) is 7.51. The maximum atomic E-state index is 12.9. The molecule has 0 bridgehead atoms. The number of morpholine rings is 1. The summed E-state index contributed by atoms with van der Waals surface area (Å²) in [5, 5.41) is 3.06. The molecule has 148 valence electrons. The van der Waals surface area contributed by atoms with Crippen LogP contribution in [0.1, 0.15) is 0 Å². The number of thiophene rings is 1. The minimum absolute atomic E-state index is 0.0121. The lowest BCUT2D eigenvalue weighted by Gasteiger charge is -2.27. The van der Waals surface area contributed by atoms with E-state index < -0.39 is 0 Å². The van der Waals surface area contributed by atoms with E-state index in [-0.39, 0.29) is 5.43 Å². The van der Waals surface area contributed by atoms with E-state index in [2.05, 4.69) is 53.4 Å². The highest BCUT2D eigenvalue weighted by Crippen LogP contribution is 2.41. The molecule has 3 aromatic carbocycles. The van der Waals surface area contributed by atoms with Crippen LogP contribution >= 0.6 is 11.3 Å².